The van der Waals surface area contributed by atoms with E-state index >= 15 is 0 Å². The van der Waals surface area contributed by atoms with Crippen molar-refractivity contribution in [3.8, 4) is 0 Å². The summed E-state index contributed by atoms with van der Waals surface area (Å²) >= 11 is 0. The Morgan fingerprint density at radius 3 is 2.94 bits per heavy atom. The van der Waals surface area contributed by atoms with Crippen molar-refractivity contribution < 1.29 is 13.9 Å². The van der Waals surface area contributed by atoms with E-state index in [-0.39, 0.29) is 23.2 Å². The topological polar surface area (TPSA) is 64.3 Å². The number of nitrogen functional groups attached to an aromatic ring is 1. The Bertz CT molecular complexity index is 396. The van der Waals surface area contributed by atoms with Crippen LogP contribution < -0.4 is 11.1 Å². The van der Waals surface area contributed by atoms with Crippen LogP contribution >= 0.6 is 0 Å². The van der Waals surface area contributed by atoms with E-state index in [4.69, 9.17) is 10.5 Å². The molecule has 1 amide bonds. The Labute approximate surface area is 100.0 Å². The van der Waals surface area contributed by atoms with E-state index in [1.54, 1.807) is 7.11 Å². The lowest BCUT2D eigenvalue weighted by Gasteiger charge is -2.14. The molecule has 0 aliphatic heterocycles. The molecule has 1 rings (SSSR count). The Balaban J connectivity index is 2.67. The van der Waals surface area contributed by atoms with Crippen LogP contribution in [-0.2, 0) is 4.74 Å². The summed E-state index contributed by atoms with van der Waals surface area (Å²) in [5, 5.41) is 2.73. The van der Waals surface area contributed by atoms with Crippen molar-refractivity contribution in [3.63, 3.8) is 0 Å². The van der Waals surface area contributed by atoms with Crippen LogP contribution in [0.3, 0.4) is 0 Å². The summed E-state index contributed by atoms with van der Waals surface area (Å²) in [4.78, 5) is 11.8. The largest absolute Gasteiger partial charge is 0.396 e. The zero-order chi connectivity index (χ0) is 12.8. The molecule has 0 aliphatic rings. The molecule has 5 heteroatoms. The van der Waals surface area contributed by atoms with Gasteiger partial charge in [0.1, 0.15) is 5.82 Å². The number of para-hydroxylation sites is 1. The highest BCUT2D eigenvalue weighted by atomic mass is 19.1. The van der Waals surface area contributed by atoms with E-state index in [0.717, 1.165) is 0 Å². The van der Waals surface area contributed by atoms with Gasteiger partial charge >= 0.3 is 0 Å². The monoisotopic (exact) mass is 240 g/mol. The number of benzene rings is 1. The average Bonchev–Trinajstić information content (AvgIpc) is 2.29. The highest BCUT2D eigenvalue weighted by molar-refractivity contribution is 5.99. The Morgan fingerprint density at radius 2 is 2.29 bits per heavy atom. The molecule has 0 radical (unpaired) electrons. The molecular weight excluding hydrogens is 223 g/mol. The lowest BCUT2D eigenvalue weighted by atomic mass is 10.1. The molecule has 0 fully saturated rings. The zero-order valence-corrected chi connectivity index (χ0v) is 10.00. The van der Waals surface area contributed by atoms with E-state index in [0.29, 0.717) is 13.0 Å². The molecule has 1 unspecified atom stereocenters. The molecule has 17 heavy (non-hydrogen) atoms. The van der Waals surface area contributed by atoms with Crippen molar-refractivity contribution in [1.82, 2.24) is 5.32 Å². The number of anilines is 1. The van der Waals surface area contributed by atoms with Crippen LogP contribution in [-0.4, -0.2) is 25.7 Å². The molecule has 1 aromatic rings. The maximum atomic E-state index is 13.2. The van der Waals surface area contributed by atoms with Crippen LogP contribution in [0.15, 0.2) is 18.2 Å². The number of amides is 1. The molecule has 0 saturated carbocycles. The van der Waals surface area contributed by atoms with E-state index < -0.39 is 5.82 Å². The lowest BCUT2D eigenvalue weighted by molar-refractivity contribution is 0.0930. The number of rotatable bonds is 5. The molecule has 94 valence electrons. The number of nitrogens with two attached hydrogens (primary N) is 1. The van der Waals surface area contributed by atoms with Gasteiger partial charge in [-0.15, -0.1) is 0 Å². The smallest absolute Gasteiger partial charge is 0.253 e. The zero-order valence-electron chi connectivity index (χ0n) is 10.00. The standard InChI is InChI=1S/C12H17FN2O2/c1-8(6-7-17-2)15-12(16)9-4-3-5-10(13)11(9)14/h3-5,8H,6-7,14H2,1-2H3,(H,15,16). The number of halogens is 1. The molecule has 0 heterocycles. The Hall–Kier alpha value is -1.62. The minimum absolute atomic E-state index is 0.0508. The van der Waals surface area contributed by atoms with Crippen LogP contribution in [0.4, 0.5) is 10.1 Å². The van der Waals surface area contributed by atoms with Gasteiger partial charge < -0.3 is 15.8 Å². The molecular formula is C12H17FN2O2. The van der Waals surface area contributed by atoms with E-state index in [1.165, 1.54) is 18.2 Å². The molecule has 3 N–H and O–H groups in total. The molecule has 1 aromatic carbocycles. The van der Waals surface area contributed by atoms with Gasteiger partial charge in [0.25, 0.3) is 5.91 Å². The summed E-state index contributed by atoms with van der Waals surface area (Å²) in [6.07, 6.45) is 0.692. The van der Waals surface area contributed by atoms with Crippen molar-refractivity contribution in [2.45, 2.75) is 19.4 Å². The summed E-state index contributed by atoms with van der Waals surface area (Å²) in [6.45, 7) is 2.41. The fourth-order valence-electron chi connectivity index (χ4n) is 1.40. The van der Waals surface area contributed by atoms with Crippen molar-refractivity contribution >= 4 is 11.6 Å². The second kappa shape index (κ2) is 6.20. The van der Waals surface area contributed by atoms with E-state index in [1.807, 2.05) is 6.92 Å². The highest BCUT2D eigenvalue weighted by Crippen LogP contribution is 2.15. The lowest BCUT2D eigenvalue weighted by Crippen LogP contribution is -2.33. The van der Waals surface area contributed by atoms with Crippen LogP contribution in [0.25, 0.3) is 0 Å². The molecule has 0 bridgehead atoms. The van der Waals surface area contributed by atoms with E-state index in [2.05, 4.69) is 5.32 Å². The number of carbonyl (C=O) groups excluding carboxylic acids is 1. The van der Waals surface area contributed by atoms with Gasteiger partial charge in [0.05, 0.1) is 11.3 Å². The molecule has 4 nitrogen and oxygen atoms in total. The number of carbonyl (C=O) groups is 1. The summed E-state index contributed by atoms with van der Waals surface area (Å²) in [5.41, 5.74) is 5.54. The first-order valence-corrected chi connectivity index (χ1v) is 5.40. The van der Waals surface area contributed by atoms with Crippen LogP contribution in [0, 0.1) is 5.82 Å². The number of ether oxygens (including phenoxy) is 1. The van der Waals surface area contributed by atoms with Crippen LogP contribution in [0.2, 0.25) is 0 Å². The van der Waals surface area contributed by atoms with Crippen molar-refractivity contribution in [3.05, 3.63) is 29.6 Å². The first kappa shape index (κ1) is 13.4. The number of methoxy groups -OCH3 is 1. The first-order valence-electron chi connectivity index (χ1n) is 5.40. The second-order valence-corrected chi connectivity index (χ2v) is 3.86. The summed E-state index contributed by atoms with van der Waals surface area (Å²) in [5.74, 6) is -0.951. The highest BCUT2D eigenvalue weighted by Gasteiger charge is 2.14. The third-order valence-electron chi connectivity index (χ3n) is 2.43. The number of nitrogens with one attached hydrogen (secondary N) is 1. The van der Waals surface area contributed by atoms with Crippen molar-refractivity contribution in [2.24, 2.45) is 0 Å². The van der Waals surface area contributed by atoms with E-state index in [9.17, 15) is 9.18 Å². The summed E-state index contributed by atoms with van der Waals surface area (Å²) in [7, 11) is 1.60. The Morgan fingerprint density at radius 1 is 1.59 bits per heavy atom. The third-order valence-corrected chi connectivity index (χ3v) is 2.43. The SMILES string of the molecule is COCCC(C)NC(=O)c1cccc(F)c1N. The van der Waals surface area contributed by atoms with Gasteiger partial charge in [-0.2, -0.15) is 0 Å². The first-order chi connectivity index (χ1) is 8.06. The molecule has 0 saturated heterocycles. The minimum atomic E-state index is -0.581. The van der Waals surface area contributed by atoms with Crippen molar-refractivity contribution in [1.29, 1.82) is 0 Å². The summed E-state index contributed by atoms with van der Waals surface area (Å²) < 4.78 is 18.1. The van der Waals surface area contributed by atoms with Gasteiger partial charge in [-0.25, -0.2) is 4.39 Å². The van der Waals surface area contributed by atoms with Gasteiger partial charge in [0.15, 0.2) is 0 Å². The predicted molar refractivity (Wildman–Crippen MR) is 64.2 cm³/mol. The van der Waals surface area contributed by atoms with Crippen LogP contribution in [0.5, 0.6) is 0 Å². The molecule has 0 aromatic heterocycles. The summed E-state index contributed by atoms with van der Waals surface area (Å²) in [6, 6.07) is 4.13. The number of hydrogen-bond acceptors (Lipinski definition) is 3. The van der Waals surface area contributed by atoms with Gasteiger partial charge in [-0.1, -0.05) is 6.07 Å². The van der Waals surface area contributed by atoms with Crippen LogP contribution in [0.1, 0.15) is 23.7 Å². The average molecular weight is 240 g/mol. The fourth-order valence-corrected chi connectivity index (χ4v) is 1.40. The van der Waals surface area contributed by atoms with Gasteiger partial charge in [-0.05, 0) is 25.5 Å². The second-order valence-electron chi connectivity index (χ2n) is 3.86. The molecule has 1 atom stereocenters. The van der Waals surface area contributed by atoms with Gasteiger partial charge in [0, 0.05) is 19.8 Å². The van der Waals surface area contributed by atoms with Gasteiger partial charge in [0.2, 0.25) is 0 Å². The predicted octanol–water partition coefficient (Wildman–Crippen LogP) is 1.56. The molecule has 0 aliphatic carbocycles. The maximum absolute atomic E-state index is 13.2. The maximum Gasteiger partial charge on any atom is 0.253 e. The Kier molecular flexibility index (Phi) is 4.90. The number of hydrogen-bond donors (Lipinski definition) is 2. The normalized spacial score (nSPS) is 12.2. The quantitative estimate of drug-likeness (QED) is 0.768. The molecule has 0 spiro atoms. The van der Waals surface area contributed by atoms with Gasteiger partial charge in [-0.3, -0.25) is 4.79 Å². The third kappa shape index (κ3) is 3.71. The van der Waals surface area contributed by atoms with Crippen molar-refractivity contribution in [2.75, 3.05) is 19.5 Å². The fraction of sp³-hybridized carbons (Fsp3) is 0.417. The minimum Gasteiger partial charge on any atom is -0.396 e.